The molecule has 1 atom stereocenters. The molecule has 0 bridgehead atoms. The van der Waals surface area contributed by atoms with Crippen LogP contribution in [0.1, 0.15) is 69.5 Å². The highest BCUT2D eigenvalue weighted by atomic mass is 16.1. The fourth-order valence-corrected chi connectivity index (χ4v) is 3.07. The summed E-state index contributed by atoms with van der Waals surface area (Å²) in [5.74, 6) is 0.990. The van der Waals surface area contributed by atoms with E-state index in [2.05, 4.69) is 43.4 Å². The number of carbonyl (C=O) groups is 1. The molecule has 1 fully saturated rings. The first-order chi connectivity index (χ1) is 9.69. The molecular weight excluding hydrogens is 246 g/mol. The minimum absolute atomic E-state index is 0.108. The first-order valence-electron chi connectivity index (χ1n) is 8.07. The van der Waals surface area contributed by atoms with Gasteiger partial charge in [0.05, 0.1) is 6.04 Å². The second-order valence-corrected chi connectivity index (χ2v) is 6.07. The molecule has 1 saturated carbocycles. The number of hydrogen-bond donors (Lipinski definition) is 1. The fourth-order valence-electron chi connectivity index (χ4n) is 3.07. The third-order valence-electron chi connectivity index (χ3n) is 4.52. The Morgan fingerprint density at radius 2 is 1.90 bits per heavy atom. The Bertz CT molecular complexity index is 418. The van der Waals surface area contributed by atoms with Crippen LogP contribution in [0, 0.1) is 5.92 Å². The molecule has 1 aromatic rings. The Hall–Kier alpha value is -1.31. The molecule has 0 aromatic heterocycles. The number of nitrogens with one attached hydrogen (secondary N) is 1. The maximum atomic E-state index is 12.0. The van der Waals surface area contributed by atoms with Crippen molar-refractivity contribution in [3.8, 4) is 0 Å². The Balaban J connectivity index is 1.77. The van der Waals surface area contributed by atoms with E-state index in [1.807, 2.05) is 0 Å². The zero-order chi connectivity index (χ0) is 14.4. The van der Waals surface area contributed by atoms with E-state index in [4.69, 9.17) is 0 Å². The van der Waals surface area contributed by atoms with Gasteiger partial charge in [0.25, 0.3) is 0 Å². The second-order valence-electron chi connectivity index (χ2n) is 6.07. The van der Waals surface area contributed by atoms with Crippen LogP contribution in [-0.2, 0) is 11.2 Å². The molecule has 0 aliphatic heterocycles. The van der Waals surface area contributed by atoms with Crippen molar-refractivity contribution >= 4 is 5.91 Å². The first kappa shape index (κ1) is 15.1. The number of rotatable bonds is 6. The largest absolute Gasteiger partial charge is 0.350 e. The van der Waals surface area contributed by atoms with E-state index in [1.54, 1.807) is 0 Å². The molecule has 1 aliphatic rings. The van der Waals surface area contributed by atoms with Crippen molar-refractivity contribution in [2.45, 2.75) is 64.8 Å². The summed E-state index contributed by atoms with van der Waals surface area (Å²) in [7, 11) is 0. The molecule has 1 N–H and O–H groups in total. The van der Waals surface area contributed by atoms with Crippen molar-refractivity contribution in [3.05, 3.63) is 35.4 Å². The van der Waals surface area contributed by atoms with Crippen LogP contribution in [0.2, 0.25) is 0 Å². The van der Waals surface area contributed by atoms with E-state index < -0.39 is 0 Å². The predicted molar refractivity (Wildman–Crippen MR) is 83.6 cm³/mol. The molecule has 1 aromatic carbocycles. The Morgan fingerprint density at radius 3 is 2.50 bits per heavy atom. The lowest BCUT2D eigenvalue weighted by Gasteiger charge is -2.16. The lowest BCUT2D eigenvalue weighted by Crippen LogP contribution is -2.26. The SMILES string of the molecule is CCc1ccc(C(C)NC(=O)CCC2CCCC2)cc1. The van der Waals surface area contributed by atoms with Gasteiger partial charge in [0.1, 0.15) is 0 Å². The van der Waals surface area contributed by atoms with Crippen LogP contribution >= 0.6 is 0 Å². The average Bonchev–Trinajstić information content (AvgIpc) is 2.98. The number of amides is 1. The van der Waals surface area contributed by atoms with Crippen LogP contribution < -0.4 is 5.32 Å². The maximum Gasteiger partial charge on any atom is 0.220 e. The molecule has 1 aliphatic carbocycles. The van der Waals surface area contributed by atoms with Crippen LogP contribution in [-0.4, -0.2) is 5.91 Å². The molecule has 0 radical (unpaired) electrons. The molecule has 1 amide bonds. The Kier molecular flexibility index (Phi) is 5.63. The van der Waals surface area contributed by atoms with Crippen molar-refractivity contribution in [1.29, 1.82) is 0 Å². The summed E-state index contributed by atoms with van der Waals surface area (Å²) in [4.78, 5) is 12.0. The van der Waals surface area contributed by atoms with Gasteiger partial charge in [-0.05, 0) is 36.8 Å². The summed E-state index contributed by atoms with van der Waals surface area (Å²) in [6, 6.07) is 8.66. The fraction of sp³-hybridized carbons (Fsp3) is 0.611. The summed E-state index contributed by atoms with van der Waals surface area (Å²) in [6.45, 7) is 4.22. The molecule has 2 rings (SSSR count). The molecule has 0 heterocycles. The van der Waals surface area contributed by atoms with Gasteiger partial charge in [0, 0.05) is 6.42 Å². The number of carbonyl (C=O) groups excluding carboxylic acids is 1. The van der Waals surface area contributed by atoms with Crippen LogP contribution in [0.15, 0.2) is 24.3 Å². The summed E-state index contributed by atoms with van der Waals surface area (Å²) in [6.07, 6.45) is 8.15. The third-order valence-corrected chi connectivity index (χ3v) is 4.52. The van der Waals surface area contributed by atoms with Crippen LogP contribution in [0.5, 0.6) is 0 Å². The minimum atomic E-state index is 0.108. The second kappa shape index (κ2) is 7.47. The smallest absolute Gasteiger partial charge is 0.220 e. The van der Waals surface area contributed by atoms with E-state index in [-0.39, 0.29) is 11.9 Å². The van der Waals surface area contributed by atoms with Gasteiger partial charge in [-0.25, -0.2) is 0 Å². The van der Waals surface area contributed by atoms with Gasteiger partial charge in [-0.2, -0.15) is 0 Å². The predicted octanol–water partition coefficient (Wildman–Crippen LogP) is 4.40. The van der Waals surface area contributed by atoms with Gasteiger partial charge in [0.15, 0.2) is 0 Å². The topological polar surface area (TPSA) is 29.1 Å². The third kappa shape index (κ3) is 4.36. The van der Waals surface area contributed by atoms with E-state index in [9.17, 15) is 4.79 Å². The van der Waals surface area contributed by atoms with Crippen LogP contribution in [0.3, 0.4) is 0 Å². The highest BCUT2D eigenvalue weighted by Crippen LogP contribution is 2.28. The van der Waals surface area contributed by atoms with Crippen molar-refractivity contribution in [2.24, 2.45) is 5.92 Å². The molecule has 2 heteroatoms. The minimum Gasteiger partial charge on any atom is -0.350 e. The van der Waals surface area contributed by atoms with Crippen molar-refractivity contribution in [2.75, 3.05) is 0 Å². The summed E-state index contributed by atoms with van der Waals surface area (Å²) < 4.78 is 0. The zero-order valence-corrected chi connectivity index (χ0v) is 12.8. The molecule has 20 heavy (non-hydrogen) atoms. The lowest BCUT2D eigenvalue weighted by atomic mass is 10.0. The van der Waals surface area contributed by atoms with E-state index >= 15 is 0 Å². The van der Waals surface area contributed by atoms with E-state index in [0.717, 1.165) is 18.8 Å². The highest BCUT2D eigenvalue weighted by Gasteiger charge is 2.17. The van der Waals surface area contributed by atoms with Gasteiger partial charge < -0.3 is 5.32 Å². The molecular formula is C18H27NO. The summed E-state index contributed by atoms with van der Waals surface area (Å²) >= 11 is 0. The van der Waals surface area contributed by atoms with Gasteiger partial charge in [-0.3, -0.25) is 4.79 Å². The number of aryl methyl sites for hydroxylation is 1. The van der Waals surface area contributed by atoms with Gasteiger partial charge >= 0.3 is 0 Å². The molecule has 1 unspecified atom stereocenters. The molecule has 0 saturated heterocycles. The van der Waals surface area contributed by atoms with Gasteiger partial charge in [0.2, 0.25) is 5.91 Å². The van der Waals surface area contributed by atoms with Gasteiger partial charge in [-0.15, -0.1) is 0 Å². The van der Waals surface area contributed by atoms with Crippen molar-refractivity contribution in [3.63, 3.8) is 0 Å². The van der Waals surface area contributed by atoms with Crippen LogP contribution in [0.4, 0.5) is 0 Å². The van der Waals surface area contributed by atoms with Crippen LogP contribution in [0.25, 0.3) is 0 Å². The van der Waals surface area contributed by atoms with E-state index in [0.29, 0.717) is 6.42 Å². The number of benzene rings is 1. The maximum absolute atomic E-state index is 12.0. The summed E-state index contributed by atoms with van der Waals surface area (Å²) in [5, 5.41) is 3.12. The lowest BCUT2D eigenvalue weighted by molar-refractivity contribution is -0.122. The van der Waals surface area contributed by atoms with Crippen molar-refractivity contribution in [1.82, 2.24) is 5.32 Å². The molecule has 2 nitrogen and oxygen atoms in total. The molecule has 0 spiro atoms. The quantitative estimate of drug-likeness (QED) is 0.818. The molecule has 110 valence electrons. The Labute approximate surface area is 123 Å². The average molecular weight is 273 g/mol. The zero-order valence-electron chi connectivity index (χ0n) is 12.8. The monoisotopic (exact) mass is 273 g/mol. The standard InChI is InChI=1S/C18H27NO/c1-3-15-8-11-17(12-9-15)14(2)19-18(20)13-10-16-6-4-5-7-16/h8-9,11-12,14,16H,3-7,10,13H2,1-2H3,(H,19,20). The number of hydrogen-bond acceptors (Lipinski definition) is 1. The van der Waals surface area contributed by atoms with E-state index in [1.165, 1.54) is 36.8 Å². The summed E-state index contributed by atoms with van der Waals surface area (Å²) in [5.41, 5.74) is 2.53. The van der Waals surface area contributed by atoms with Gasteiger partial charge in [-0.1, -0.05) is 56.9 Å². The highest BCUT2D eigenvalue weighted by molar-refractivity contribution is 5.76. The van der Waals surface area contributed by atoms with Crippen molar-refractivity contribution < 1.29 is 4.79 Å². The first-order valence-corrected chi connectivity index (χ1v) is 8.07. The Morgan fingerprint density at radius 1 is 1.25 bits per heavy atom. The normalized spacial score (nSPS) is 17.1.